The van der Waals surface area contributed by atoms with E-state index >= 15 is 0 Å². The summed E-state index contributed by atoms with van der Waals surface area (Å²) in [7, 11) is 0. The van der Waals surface area contributed by atoms with E-state index < -0.39 is 0 Å². The fourth-order valence-corrected chi connectivity index (χ4v) is 1.84. The summed E-state index contributed by atoms with van der Waals surface area (Å²) in [5, 5.41) is 0. The Hall–Kier alpha value is -0.590. The van der Waals surface area contributed by atoms with E-state index in [4.69, 9.17) is 0 Å². The smallest absolute Gasteiger partial charge is 0.136 e. The third kappa shape index (κ3) is 3.75. The molecule has 0 fully saturated rings. The standard InChI is InChI=1S/C12H20O/c1-2-3-5-10-12(13)11-8-6-4-7-9-11/h4,6,11H,2-3,5,7-10H2,1H3. The second-order valence-electron chi connectivity index (χ2n) is 3.90. The lowest BCUT2D eigenvalue weighted by molar-refractivity contribution is -0.123. The zero-order valence-corrected chi connectivity index (χ0v) is 8.59. The Bertz CT molecular complexity index is 182. The highest BCUT2D eigenvalue weighted by molar-refractivity contribution is 5.81. The van der Waals surface area contributed by atoms with Crippen LogP contribution < -0.4 is 0 Å². The molecule has 0 amide bonds. The first-order chi connectivity index (χ1) is 6.34. The van der Waals surface area contributed by atoms with Crippen molar-refractivity contribution < 1.29 is 4.79 Å². The molecule has 1 unspecified atom stereocenters. The summed E-state index contributed by atoms with van der Waals surface area (Å²) in [6.07, 6.45) is 11.8. The Morgan fingerprint density at radius 3 is 2.85 bits per heavy atom. The quantitative estimate of drug-likeness (QED) is 0.467. The maximum Gasteiger partial charge on any atom is 0.136 e. The lowest BCUT2D eigenvalue weighted by Gasteiger charge is -2.15. The lowest BCUT2D eigenvalue weighted by atomic mass is 9.88. The van der Waals surface area contributed by atoms with Gasteiger partial charge in [0.1, 0.15) is 5.78 Å². The molecule has 0 aromatic carbocycles. The monoisotopic (exact) mass is 180 g/mol. The first-order valence-corrected chi connectivity index (χ1v) is 5.52. The molecular weight excluding hydrogens is 160 g/mol. The minimum Gasteiger partial charge on any atom is -0.299 e. The van der Waals surface area contributed by atoms with Crippen LogP contribution in [-0.4, -0.2) is 5.78 Å². The molecule has 0 heterocycles. The van der Waals surface area contributed by atoms with Crippen molar-refractivity contribution in [3.8, 4) is 0 Å². The molecule has 0 aromatic heterocycles. The van der Waals surface area contributed by atoms with Crippen LogP contribution >= 0.6 is 0 Å². The fourth-order valence-electron chi connectivity index (χ4n) is 1.84. The zero-order chi connectivity index (χ0) is 9.52. The highest BCUT2D eigenvalue weighted by Crippen LogP contribution is 2.21. The number of unbranched alkanes of at least 4 members (excludes halogenated alkanes) is 2. The summed E-state index contributed by atoms with van der Waals surface area (Å²) in [5.41, 5.74) is 0. The molecule has 0 radical (unpaired) electrons. The average Bonchev–Trinajstić information content (AvgIpc) is 2.19. The van der Waals surface area contributed by atoms with E-state index in [1.807, 2.05) is 0 Å². The van der Waals surface area contributed by atoms with E-state index in [9.17, 15) is 4.79 Å². The lowest BCUT2D eigenvalue weighted by Crippen LogP contribution is -2.15. The molecule has 13 heavy (non-hydrogen) atoms. The second kappa shape index (κ2) is 5.95. The van der Waals surface area contributed by atoms with Gasteiger partial charge >= 0.3 is 0 Å². The fraction of sp³-hybridized carbons (Fsp3) is 0.750. The number of hydrogen-bond donors (Lipinski definition) is 0. The topological polar surface area (TPSA) is 17.1 Å². The number of rotatable bonds is 5. The van der Waals surface area contributed by atoms with Crippen molar-refractivity contribution >= 4 is 5.78 Å². The summed E-state index contributed by atoms with van der Waals surface area (Å²) < 4.78 is 0. The van der Waals surface area contributed by atoms with Crippen LogP contribution in [0.1, 0.15) is 51.9 Å². The van der Waals surface area contributed by atoms with Crippen molar-refractivity contribution in [3.05, 3.63) is 12.2 Å². The molecule has 1 aliphatic rings. The maximum absolute atomic E-state index is 11.6. The van der Waals surface area contributed by atoms with E-state index in [0.29, 0.717) is 11.7 Å². The number of ketones is 1. The molecule has 0 spiro atoms. The van der Waals surface area contributed by atoms with E-state index in [-0.39, 0.29) is 0 Å². The van der Waals surface area contributed by atoms with Crippen molar-refractivity contribution in [1.82, 2.24) is 0 Å². The minimum atomic E-state index is 0.349. The van der Waals surface area contributed by atoms with Crippen LogP contribution in [0.2, 0.25) is 0 Å². The van der Waals surface area contributed by atoms with E-state index in [1.165, 1.54) is 12.8 Å². The third-order valence-corrected chi connectivity index (χ3v) is 2.75. The largest absolute Gasteiger partial charge is 0.299 e. The first-order valence-electron chi connectivity index (χ1n) is 5.52. The molecule has 0 saturated carbocycles. The van der Waals surface area contributed by atoms with E-state index in [0.717, 1.165) is 32.1 Å². The van der Waals surface area contributed by atoms with Crippen molar-refractivity contribution in [2.24, 2.45) is 5.92 Å². The van der Waals surface area contributed by atoms with Gasteiger partial charge in [-0.05, 0) is 25.7 Å². The average molecular weight is 180 g/mol. The molecule has 1 aliphatic carbocycles. The van der Waals surface area contributed by atoms with Crippen molar-refractivity contribution in [3.63, 3.8) is 0 Å². The number of allylic oxidation sites excluding steroid dienone is 2. The molecule has 74 valence electrons. The molecule has 0 bridgehead atoms. The first kappa shape index (κ1) is 10.5. The SMILES string of the molecule is CCCCCC(=O)C1CC=CCC1. The van der Waals surface area contributed by atoms with Gasteiger partial charge in [-0.3, -0.25) is 4.79 Å². The van der Waals surface area contributed by atoms with Crippen LogP contribution in [0.25, 0.3) is 0 Å². The predicted molar refractivity (Wildman–Crippen MR) is 55.6 cm³/mol. The zero-order valence-electron chi connectivity index (χ0n) is 8.59. The maximum atomic E-state index is 11.6. The minimum absolute atomic E-state index is 0.349. The normalized spacial score (nSPS) is 21.8. The highest BCUT2D eigenvalue weighted by Gasteiger charge is 2.17. The van der Waals surface area contributed by atoms with Gasteiger partial charge in [0.05, 0.1) is 0 Å². The summed E-state index contributed by atoms with van der Waals surface area (Å²) in [6, 6.07) is 0. The molecular formula is C12H20O. The number of carbonyl (C=O) groups is 1. The molecule has 1 rings (SSSR count). The Morgan fingerprint density at radius 1 is 1.38 bits per heavy atom. The van der Waals surface area contributed by atoms with Crippen LogP contribution in [0, 0.1) is 5.92 Å². The van der Waals surface area contributed by atoms with Gasteiger partial charge in [-0.1, -0.05) is 31.9 Å². The summed E-state index contributed by atoms with van der Waals surface area (Å²) >= 11 is 0. The molecule has 1 nitrogen and oxygen atoms in total. The van der Waals surface area contributed by atoms with Gasteiger partial charge in [0.25, 0.3) is 0 Å². The van der Waals surface area contributed by atoms with Crippen LogP contribution in [0.15, 0.2) is 12.2 Å². The third-order valence-electron chi connectivity index (χ3n) is 2.75. The number of hydrogen-bond acceptors (Lipinski definition) is 1. The molecule has 0 N–H and O–H groups in total. The number of Topliss-reactive ketones (excluding diaryl/α,β-unsaturated/α-hetero) is 1. The van der Waals surface area contributed by atoms with Crippen molar-refractivity contribution in [2.45, 2.75) is 51.9 Å². The van der Waals surface area contributed by atoms with E-state index in [2.05, 4.69) is 19.1 Å². The predicted octanol–water partition coefficient (Wildman–Crippen LogP) is 3.49. The van der Waals surface area contributed by atoms with Crippen LogP contribution in [-0.2, 0) is 4.79 Å². The van der Waals surface area contributed by atoms with Crippen LogP contribution in [0.3, 0.4) is 0 Å². The molecule has 0 aliphatic heterocycles. The van der Waals surface area contributed by atoms with Crippen molar-refractivity contribution in [1.29, 1.82) is 0 Å². The Kier molecular flexibility index (Phi) is 4.81. The summed E-state index contributed by atoms with van der Waals surface area (Å²) in [5.74, 6) is 0.847. The molecule has 0 saturated heterocycles. The van der Waals surface area contributed by atoms with Gasteiger partial charge in [-0.2, -0.15) is 0 Å². The summed E-state index contributed by atoms with van der Waals surface area (Å²) in [4.78, 5) is 11.6. The Balaban J connectivity index is 2.18. The van der Waals surface area contributed by atoms with Gasteiger partial charge in [-0.25, -0.2) is 0 Å². The van der Waals surface area contributed by atoms with Gasteiger partial charge in [0, 0.05) is 12.3 Å². The highest BCUT2D eigenvalue weighted by atomic mass is 16.1. The second-order valence-corrected chi connectivity index (χ2v) is 3.90. The van der Waals surface area contributed by atoms with Crippen LogP contribution in [0.4, 0.5) is 0 Å². The Morgan fingerprint density at radius 2 is 2.23 bits per heavy atom. The van der Waals surface area contributed by atoms with Gasteiger partial charge in [0.2, 0.25) is 0 Å². The van der Waals surface area contributed by atoms with Gasteiger partial charge < -0.3 is 0 Å². The van der Waals surface area contributed by atoms with E-state index in [1.54, 1.807) is 0 Å². The van der Waals surface area contributed by atoms with Crippen molar-refractivity contribution in [2.75, 3.05) is 0 Å². The Labute approximate surface area is 81.2 Å². The summed E-state index contributed by atoms with van der Waals surface area (Å²) in [6.45, 7) is 2.17. The number of carbonyl (C=O) groups excluding carboxylic acids is 1. The van der Waals surface area contributed by atoms with Gasteiger partial charge in [0.15, 0.2) is 0 Å². The van der Waals surface area contributed by atoms with Crippen LogP contribution in [0.5, 0.6) is 0 Å². The van der Waals surface area contributed by atoms with Gasteiger partial charge in [-0.15, -0.1) is 0 Å². The molecule has 1 heteroatoms. The molecule has 0 aromatic rings. The molecule has 1 atom stereocenters.